The van der Waals surface area contributed by atoms with E-state index in [0.717, 1.165) is 41.6 Å². The minimum atomic E-state index is -0.498. The summed E-state index contributed by atoms with van der Waals surface area (Å²) in [5, 5.41) is 9.92. The molecule has 31 heavy (non-hydrogen) atoms. The molecule has 0 radical (unpaired) electrons. The van der Waals surface area contributed by atoms with Gasteiger partial charge in [0.15, 0.2) is 0 Å². The molecule has 9 nitrogen and oxygen atoms in total. The molecule has 3 heterocycles. The first-order valence-electron chi connectivity index (χ1n) is 10.7. The van der Waals surface area contributed by atoms with Crippen molar-refractivity contribution in [2.75, 3.05) is 20.2 Å². The van der Waals surface area contributed by atoms with Gasteiger partial charge in [-0.15, -0.1) is 0 Å². The Labute approximate surface area is 181 Å². The third-order valence-electron chi connectivity index (χ3n) is 5.42. The first-order chi connectivity index (χ1) is 14.8. The Morgan fingerprint density at radius 2 is 2.00 bits per heavy atom. The molecule has 1 aromatic carbocycles. The highest BCUT2D eigenvalue weighted by molar-refractivity contribution is 5.84. The van der Waals surface area contributed by atoms with E-state index in [-0.39, 0.29) is 12.0 Å². The zero-order valence-corrected chi connectivity index (χ0v) is 18.7. The number of methoxy groups -OCH3 is 1. The van der Waals surface area contributed by atoms with Gasteiger partial charge in [0, 0.05) is 30.5 Å². The highest BCUT2D eigenvalue weighted by Gasteiger charge is 2.30. The molecule has 2 aromatic heterocycles. The minimum absolute atomic E-state index is 0.0990. The highest BCUT2D eigenvalue weighted by atomic mass is 16.6. The van der Waals surface area contributed by atoms with Crippen LogP contribution in [-0.4, -0.2) is 56.7 Å². The van der Waals surface area contributed by atoms with Gasteiger partial charge in [-0.25, -0.2) is 4.79 Å². The average Bonchev–Trinajstić information content (AvgIpc) is 3.36. The van der Waals surface area contributed by atoms with Gasteiger partial charge >= 0.3 is 6.09 Å². The molecule has 0 spiro atoms. The first-order valence-corrected chi connectivity index (χ1v) is 10.7. The van der Waals surface area contributed by atoms with E-state index in [9.17, 15) is 4.79 Å². The Morgan fingerprint density at radius 3 is 2.65 bits per heavy atom. The average molecular weight is 428 g/mol. The smallest absolute Gasteiger partial charge is 0.410 e. The Morgan fingerprint density at radius 1 is 1.26 bits per heavy atom. The van der Waals surface area contributed by atoms with E-state index in [4.69, 9.17) is 14.0 Å². The number of nitrogens with zero attached hydrogens (tertiary/aromatic N) is 5. The van der Waals surface area contributed by atoms with Crippen LogP contribution in [0.2, 0.25) is 0 Å². The Bertz CT molecular complexity index is 1070. The van der Waals surface area contributed by atoms with Crippen LogP contribution in [0.5, 0.6) is 5.75 Å². The summed E-state index contributed by atoms with van der Waals surface area (Å²) in [7, 11) is 1.64. The molecule has 1 saturated heterocycles. The van der Waals surface area contributed by atoms with Crippen molar-refractivity contribution in [1.82, 2.24) is 24.8 Å². The fourth-order valence-electron chi connectivity index (χ4n) is 3.81. The molecule has 1 aliphatic heterocycles. The van der Waals surface area contributed by atoms with Crippen molar-refractivity contribution < 1.29 is 18.8 Å². The van der Waals surface area contributed by atoms with Crippen molar-refractivity contribution in [1.29, 1.82) is 0 Å². The molecular weight excluding hydrogens is 398 g/mol. The summed E-state index contributed by atoms with van der Waals surface area (Å²) in [4.78, 5) is 18.7. The fourth-order valence-corrected chi connectivity index (χ4v) is 3.81. The van der Waals surface area contributed by atoms with Crippen molar-refractivity contribution in [2.45, 2.75) is 58.5 Å². The van der Waals surface area contributed by atoms with Gasteiger partial charge in [0.05, 0.1) is 18.3 Å². The Kier molecular flexibility index (Phi) is 5.60. The molecule has 3 aromatic rings. The molecule has 4 rings (SSSR count). The summed E-state index contributed by atoms with van der Waals surface area (Å²) in [5.74, 6) is 1.82. The van der Waals surface area contributed by atoms with Crippen LogP contribution in [0.1, 0.15) is 58.0 Å². The lowest BCUT2D eigenvalue weighted by Crippen LogP contribution is -2.41. The SMILES string of the molecule is CCc1nn(-c2noc(C3CCN(C(=O)OC(C)(C)C)CC3)n2)c2cc(OC)ccc12. The lowest BCUT2D eigenvalue weighted by molar-refractivity contribution is 0.0198. The number of aryl methyl sites for hydroxylation is 1. The molecule has 0 aliphatic carbocycles. The number of carbonyl (C=O) groups is 1. The molecule has 166 valence electrons. The zero-order valence-electron chi connectivity index (χ0n) is 18.7. The first kappa shape index (κ1) is 21.1. The van der Waals surface area contributed by atoms with Crippen molar-refractivity contribution >= 4 is 17.0 Å². The molecule has 0 bridgehead atoms. The number of hydrogen-bond acceptors (Lipinski definition) is 7. The van der Waals surface area contributed by atoms with E-state index < -0.39 is 5.60 Å². The molecule has 0 atom stereocenters. The molecule has 1 fully saturated rings. The lowest BCUT2D eigenvalue weighted by Gasteiger charge is -2.32. The lowest BCUT2D eigenvalue weighted by atomic mass is 9.97. The Balaban J connectivity index is 1.51. The van der Waals surface area contributed by atoms with Gasteiger partial charge < -0.3 is 18.9 Å². The second kappa shape index (κ2) is 8.20. The summed E-state index contributed by atoms with van der Waals surface area (Å²) in [5.41, 5.74) is 1.35. The van der Waals surface area contributed by atoms with Crippen LogP contribution in [0.3, 0.4) is 0 Å². The van der Waals surface area contributed by atoms with Gasteiger partial charge in [0.2, 0.25) is 5.89 Å². The van der Waals surface area contributed by atoms with Crippen molar-refractivity contribution in [3.63, 3.8) is 0 Å². The number of rotatable bonds is 4. The van der Waals surface area contributed by atoms with Gasteiger partial charge in [0.25, 0.3) is 5.95 Å². The number of likely N-dealkylation sites (tertiary alicyclic amines) is 1. The largest absolute Gasteiger partial charge is 0.497 e. The fraction of sp³-hybridized carbons (Fsp3) is 0.545. The minimum Gasteiger partial charge on any atom is -0.497 e. The predicted octanol–water partition coefficient (Wildman–Crippen LogP) is 4.09. The normalized spacial score (nSPS) is 15.5. The van der Waals surface area contributed by atoms with Gasteiger partial charge in [-0.1, -0.05) is 6.92 Å². The molecular formula is C22H29N5O4. The standard InChI is InChI=1S/C22H29N5O4/c1-6-17-16-8-7-15(29-5)13-18(16)27(24-17)20-23-19(31-25-20)14-9-11-26(12-10-14)21(28)30-22(2,3)4/h7-8,13-14H,6,9-12H2,1-5H3. The number of ether oxygens (including phenoxy) is 2. The van der Waals surface area contributed by atoms with E-state index in [0.29, 0.717) is 24.9 Å². The van der Waals surface area contributed by atoms with Crippen LogP contribution in [0.4, 0.5) is 4.79 Å². The summed E-state index contributed by atoms with van der Waals surface area (Å²) >= 11 is 0. The number of hydrogen-bond donors (Lipinski definition) is 0. The summed E-state index contributed by atoms with van der Waals surface area (Å²) in [6.07, 6.45) is 2.01. The van der Waals surface area contributed by atoms with Gasteiger partial charge in [-0.2, -0.15) is 14.8 Å². The highest BCUT2D eigenvalue weighted by Crippen LogP contribution is 2.30. The topological polar surface area (TPSA) is 95.5 Å². The van der Waals surface area contributed by atoms with E-state index in [2.05, 4.69) is 22.2 Å². The summed E-state index contributed by atoms with van der Waals surface area (Å²) < 4.78 is 18.1. The quantitative estimate of drug-likeness (QED) is 0.619. The zero-order chi connectivity index (χ0) is 22.2. The number of amides is 1. The number of aromatic nitrogens is 4. The monoisotopic (exact) mass is 427 g/mol. The molecule has 0 N–H and O–H groups in total. The van der Waals surface area contributed by atoms with Crippen molar-refractivity contribution in [3.8, 4) is 11.7 Å². The van der Waals surface area contributed by atoms with E-state index in [1.54, 1.807) is 16.7 Å². The second-order valence-corrected chi connectivity index (χ2v) is 8.77. The van der Waals surface area contributed by atoms with Gasteiger partial charge in [-0.05, 0) is 57.3 Å². The summed E-state index contributed by atoms with van der Waals surface area (Å²) in [6, 6.07) is 5.86. The maximum atomic E-state index is 12.3. The van der Waals surface area contributed by atoms with Crippen LogP contribution >= 0.6 is 0 Å². The van der Waals surface area contributed by atoms with Crippen molar-refractivity contribution in [2.24, 2.45) is 0 Å². The maximum Gasteiger partial charge on any atom is 0.410 e. The third kappa shape index (κ3) is 4.35. The van der Waals surface area contributed by atoms with Crippen LogP contribution in [0.25, 0.3) is 16.9 Å². The maximum absolute atomic E-state index is 12.3. The van der Waals surface area contributed by atoms with Gasteiger partial charge in [0.1, 0.15) is 11.4 Å². The third-order valence-corrected chi connectivity index (χ3v) is 5.42. The molecule has 1 amide bonds. The number of carbonyl (C=O) groups excluding carboxylic acids is 1. The van der Waals surface area contributed by atoms with Crippen LogP contribution < -0.4 is 4.74 Å². The Hall–Kier alpha value is -3.10. The van der Waals surface area contributed by atoms with E-state index in [1.165, 1.54) is 0 Å². The number of benzene rings is 1. The van der Waals surface area contributed by atoms with E-state index >= 15 is 0 Å². The van der Waals surface area contributed by atoms with Gasteiger partial charge in [-0.3, -0.25) is 0 Å². The van der Waals surface area contributed by atoms with Crippen LogP contribution in [0.15, 0.2) is 22.7 Å². The van der Waals surface area contributed by atoms with Crippen LogP contribution in [-0.2, 0) is 11.2 Å². The molecule has 0 saturated carbocycles. The number of fused-ring (bicyclic) bond motifs is 1. The number of piperidine rings is 1. The molecule has 1 aliphatic rings. The second-order valence-electron chi connectivity index (χ2n) is 8.77. The summed E-state index contributed by atoms with van der Waals surface area (Å²) in [6.45, 7) is 8.87. The van der Waals surface area contributed by atoms with Crippen molar-refractivity contribution in [3.05, 3.63) is 29.8 Å². The predicted molar refractivity (Wildman–Crippen MR) is 115 cm³/mol. The molecule has 9 heteroatoms. The molecule has 0 unspecified atom stereocenters. The van der Waals surface area contributed by atoms with E-state index in [1.807, 2.05) is 39.0 Å². The van der Waals surface area contributed by atoms with Crippen LogP contribution in [0, 0.1) is 0 Å².